The molecule has 1 amide bonds. The van der Waals surface area contributed by atoms with Gasteiger partial charge in [-0.25, -0.2) is 0 Å². The highest BCUT2D eigenvalue weighted by Crippen LogP contribution is 2.24. The number of amides is 1. The largest absolute Gasteiger partial charge is 0.494 e. The van der Waals surface area contributed by atoms with E-state index in [0.717, 1.165) is 6.42 Å². The van der Waals surface area contributed by atoms with E-state index in [1.807, 2.05) is 30.0 Å². The van der Waals surface area contributed by atoms with Gasteiger partial charge in [0.05, 0.1) is 25.4 Å². The van der Waals surface area contributed by atoms with Gasteiger partial charge < -0.3 is 19.1 Å². The van der Waals surface area contributed by atoms with Gasteiger partial charge in [-0.1, -0.05) is 6.07 Å². The second kappa shape index (κ2) is 7.43. The summed E-state index contributed by atoms with van der Waals surface area (Å²) in [6, 6.07) is 7.36. The van der Waals surface area contributed by atoms with Crippen LogP contribution in [0, 0.1) is 0 Å². The first kappa shape index (κ1) is 15.8. The predicted molar refractivity (Wildman–Crippen MR) is 79.7 cm³/mol. The molecule has 1 aliphatic heterocycles. The highest BCUT2D eigenvalue weighted by molar-refractivity contribution is 5.95. The molecular formula is C16H23NO4. The van der Waals surface area contributed by atoms with Crippen LogP contribution in [0.4, 0.5) is 0 Å². The number of nitrogens with zero attached hydrogens (tertiary/aromatic N) is 1. The standard InChI is InChI=1S/C16H23NO4/c1-4-21-14-7-5-6-12(8-14)16(18)17-10-15(20-3)9-13(17)11-19-2/h5-8,13,15H,4,9-11H2,1-3H3/t13-,15-/m0/s1. The highest BCUT2D eigenvalue weighted by Gasteiger charge is 2.35. The van der Waals surface area contributed by atoms with Crippen LogP contribution in [0.1, 0.15) is 23.7 Å². The van der Waals surface area contributed by atoms with E-state index in [1.54, 1.807) is 20.3 Å². The average molecular weight is 293 g/mol. The van der Waals surface area contributed by atoms with Gasteiger partial charge in [-0.05, 0) is 31.5 Å². The number of hydrogen-bond acceptors (Lipinski definition) is 4. The molecule has 116 valence electrons. The summed E-state index contributed by atoms with van der Waals surface area (Å²) in [6.07, 6.45) is 0.880. The van der Waals surface area contributed by atoms with Crippen molar-refractivity contribution in [1.29, 1.82) is 0 Å². The Balaban J connectivity index is 2.15. The van der Waals surface area contributed by atoms with Crippen molar-refractivity contribution in [2.45, 2.75) is 25.5 Å². The smallest absolute Gasteiger partial charge is 0.254 e. The number of hydrogen-bond donors (Lipinski definition) is 0. The average Bonchev–Trinajstić information content (AvgIpc) is 2.91. The van der Waals surface area contributed by atoms with E-state index in [2.05, 4.69) is 0 Å². The van der Waals surface area contributed by atoms with Gasteiger partial charge >= 0.3 is 0 Å². The Morgan fingerprint density at radius 1 is 1.38 bits per heavy atom. The molecule has 2 atom stereocenters. The zero-order chi connectivity index (χ0) is 15.2. The summed E-state index contributed by atoms with van der Waals surface area (Å²) < 4.78 is 16.1. The Labute approximate surface area is 125 Å². The lowest BCUT2D eigenvalue weighted by Gasteiger charge is -2.24. The van der Waals surface area contributed by atoms with Gasteiger partial charge in [0, 0.05) is 26.3 Å². The normalized spacial score (nSPS) is 21.6. The second-order valence-corrected chi connectivity index (χ2v) is 5.12. The quantitative estimate of drug-likeness (QED) is 0.804. The van der Waals surface area contributed by atoms with Crippen LogP contribution in [0.25, 0.3) is 0 Å². The third-order valence-electron chi connectivity index (χ3n) is 3.72. The number of ether oxygens (including phenoxy) is 3. The van der Waals surface area contributed by atoms with Crippen LogP contribution >= 0.6 is 0 Å². The molecule has 0 saturated carbocycles. The number of carbonyl (C=O) groups is 1. The van der Waals surface area contributed by atoms with E-state index in [4.69, 9.17) is 14.2 Å². The van der Waals surface area contributed by atoms with Crippen molar-refractivity contribution >= 4 is 5.91 Å². The minimum absolute atomic E-state index is 0.00171. The van der Waals surface area contributed by atoms with E-state index in [9.17, 15) is 4.79 Å². The molecule has 5 heteroatoms. The molecule has 1 aliphatic rings. The molecule has 1 fully saturated rings. The number of methoxy groups -OCH3 is 2. The molecule has 0 unspecified atom stereocenters. The zero-order valence-electron chi connectivity index (χ0n) is 12.9. The Morgan fingerprint density at radius 3 is 2.86 bits per heavy atom. The first-order valence-corrected chi connectivity index (χ1v) is 7.25. The first-order valence-electron chi connectivity index (χ1n) is 7.25. The summed E-state index contributed by atoms with van der Waals surface area (Å²) in [5, 5.41) is 0. The van der Waals surface area contributed by atoms with Crippen molar-refractivity contribution in [1.82, 2.24) is 4.90 Å². The Morgan fingerprint density at radius 2 is 2.19 bits per heavy atom. The van der Waals surface area contributed by atoms with E-state index in [0.29, 0.717) is 31.1 Å². The maximum atomic E-state index is 12.7. The highest BCUT2D eigenvalue weighted by atomic mass is 16.5. The summed E-state index contributed by atoms with van der Waals surface area (Å²) >= 11 is 0. The maximum absolute atomic E-state index is 12.7. The van der Waals surface area contributed by atoms with E-state index >= 15 is 0 Å². The fourth-order valence-corrected chi connectivity index (χ4v) is 2.69. The summed E-state index contributed by atoms with van der Waals surface area (Å²) in [5.74, 6) is 0.715. The molecule has 21 heavy (non-hydrogen) atoms. The van der Waals surface area contributed by atoms with Gasteiger partial charge in [0.1, 0.15) is 5.75 Å². The molecular weight excluding hydrogens is 270 g/mol. The second-order valence-electron chi connectivity index (χ2n) is 5.12. The molecule has 1 heterocycles. The summed E-state index contributed by atoms with van der Waals surface area (Å²) in [4.78, 5) is 14.5. The van der Waals surface area contributed by atoms with Gasteiger partial charge in [0.2, 0.25) is 0 Å². The van der Waals surface area contributed by atoms with Gasteiger partial charge in [-0.15, -0.1) is 0 Å². The Kier molecular flexibility index (Phi) is 5.59. The van der Waals surface area contributed by atoms with Crippen molar-refractivity contribution in [2.75, 3.05) is 34.0 Å². The summed E-state index contributed by atoms with van der Waals surface area (Å²) in [7, 11) is 3.33. The molecule has 0 radical (unpaired) electrons. The molecule has 1 aromatic rings. The minimum atomic E-state index is -0.00171. The van der Waals surface area contributed by atoms with Gasteiger partial charge in [0.15, 0.2) is 0 Å². The van der Waals surface area contributed by atoms with Gasteiger partial charge in [0.25, 0.3) is 5.91 Å². The van der Waals surface area contributed by atoms with Crippen LogP contribution in [0.5, 0.6) is 5.75 Å². The molecule has 0 spiro atoms. The lowest BCUT2D eigenvalue weighted by atomic mass is 10.1. The lowest BCUT2D eigenvalue weighted by Crippen LogP contribution is -2.38. The van der Waals surface area contributed by atoms with Crippen LogP contribution in [-0.4, -0.2) is 56.9 Å². The number of likely N-dealkylation sites (tertiary alicyclic amines) is 1. The third-order valence-corrected chi connectivity index (χ3v) is 3.72. The predicted octanol–water partition coefficient (Wildman–Crippen LogP) is 1.96. The van der Waals surface area contributed by atoms with E-state index < -0.39 is 0 Å². The number of rotatable bonds is 6. The van der Waals surface area contributed by atoms with Gasteiger partial charge in [-0.3, -0.25) is 4.79 Å². The van der Waals surface area contributed by atoms with Crippen molar-refractivity contribution < 1.29 is 19.0 Å². The molecule has 5 nitrogen and oxygen atoms in total. The topological polar surface area (TPSA) is 48.0 Å². The fourth-order valence-electron chi connectivity index (χ4n) is 2.69. The van der Waals surface area contributed by atoms with Crippen LogP contribution in [0.3, 0.4) is 0 Å². The lowest BCUT2D eigenvalue weighted by molar-refractivity contribution is 0.0612. The molecule has 0 bridgehead atoms. The summed E-state index contributed by atoms with van der Waals surface area (Å²) in [5.41, 5.74) is 0.638. The van der Waals surface area contributed by atoms with Crippen molar-refractivity contribution in [3.8, 4) is 5.75 Å². The first-order chi connectivity index (χ1) is 10.2. The van der Waals surface area contributed by atoms with Crippen LogP contribution in [0.15, 0.2) is 24.3 Å². The van der Waals surface area contributed by atoms with Crippen molar-refractivity contribution in [3.63, 3.8) is 0 Å². The van der Waals surface area contributed by atoms with E-state index in [-0.39, 0.29) is 18.1 Å². The summed E-state index contributed by atoms with van der Waals surface area (Å²) in [6.45, 7) is 3.63. The number of benzene rings is 1. The number of carbonyl (C=O) groups excluding carboxylic acids is 1. The van der Waals surface area contributed by atoms with Crippen LogP contribution in [0.2, 0.25) is 0 Å². The minimum Gasteiger partial charge on any atom is -0.494 e. The molecule has 0 aromatic heterocycles. The maximum Gasteiger partial charge on any atom is 0.254 e. The molecule has 1 saturated heterocycles. The van der Waals surface area contributed by atoms with Crippen molar-refractivity contribution in [2.24, 2.45) is 0 Å². The Hall–Kier alpha value is -1.59. The van der Waals surface area contributed by atoms with E-state index in [1.165, 1.54) is 0 Å². The monoisotopic (exact) mass is 293 g/mol. The SMILES string of the molecule is CCOc1cccc(C(=O)N2C[C@@H](OC)C[C@H]2COC)c1. The van der Waals surface area contributed by atoms with Crippen molar-refractivity contribution in [3.05, 3.63) is 29.8 Å². The molecule has 0 N–H and O–H groups in total. The fraction of sp³-hybridized carbons (Fsp3) is 0.562. The van der Waals surface area contributed by atoms with Gasteiger partial charge in [-0.2, -0.15) is 0 Å². The zero-order valence-corrected chi connectivity index (χ0v) is 12.9. The molecule has 0 aliphatic carbocycles. The third kappa shape index (κ3) is 3.74. The van der Waals surface area contributed by atoms with Crippen LogP contribution < -0.4 is 4.74 Å². The van der Waals surface area contributed by atoms with Crippen LogP contribution in [-0.2, 0) is 9.47 Å². The Bertz CT molecular complexity index is 477. The molecule has 2 rings (SSSR count). The molecule has 1 aromatic carbocycles.